The molecule has 0 amide bonds. The lowest BCUT2D eigenvalue weighted by atomic mass is 9.94. The maximum absolute atomic E-state index is 12.2. The summed E-state index contributed by atoms with van der Waals surface area (Å²) in [6.07, 6.45) is 0. The second-order valence-corrected chi connectivity index (χ2v) is 5.23. The van der Waals surface area contributed by atoms with Crippen LogP contribution in [0, 0.1) is 5.92 Å². The molecule has 0 aliphatic heterocycles. The Morgan fingerprint density at radius 3 is 2.28 bits per heavy atom. The van der Waals surface area contributed by atoms with E-state index in [1.807, 2.05) is 25.2 Å². The molecule has 1 rings (SSSR count). The molecule has 0 fully saturated rings. The van der Waals surface area contributed by atoms with E-state index in [9.17, 15) is 4.79 Å². The Kier molecular flexibility index (Phi) is 5.29. The van der Waals surface area contributed by atoms with E-state index in [0.29, 0.717) is 5.57 Å². The van der Waals surface area contributed by atoms with E-state index in [0.717, 1.165) is 6.54 Å². The molecule has 98 valence electrons. The molecular weight excluding hydrogens is 222 g/mol. The number of Topliss-reactive ketones (excluding diaryl/α,β-unsaturated/α-hetero) is 1. The van der Waals surface area contributed by atoms with Gasteiger partial charge in [0.2, 0.25) is 0 Å². The Hall–Kier alpha value is -1.41. The van der Waals surface area contributed by atoms with Crippen LogP contribution in [0.1, 0.15) is 26.3 Å². The summed E-state index contributed by atoms with van der Waals surface area (Å²) in [5.74, 6) is 0.423. The normalized spacial score (nSPS) is 12.8. The van der Waals surface area contributed by atoms with Gasteiger partial charge in [-0.15, -0.1) is 0 Å². The summed E-state index contributed by atoms with van der Waals surface area (Å²) in [7, 11) is 2.00. The number of likely N-dealkylation sites (N-methyl/N-ethyl adjacent to an activating group) is 1. The summed E-state index contributed by atoms with van der Waals surface area (Å²) in [6.45, 7) is 10.5. The number of benzene rings is 1. The molecular formula is C16H23NO. The Labute approximate surface area is 110 Å². The third-order valence-corrected chi connectivity index (χ3v) is 3.07. The molecule has 0 aromatic heterocycles. The fourth-order valence-electron chi connectivity index (χ4n) is 2.23. The molecule has 0 radical (unpaired) electrons. The summed E-state index contributed by atoms with van der Waals surface area (Å²) in [4.78, 5) is 14.3. The van der Waals surface area contributed by atoms with Gasteiger partial charge in [-0.2, -0.15) is 0 Å². The van der Waals surface area contributed by atoms with Crippen molar-refractivity contribution in [2.75, 3.05) is 7.05 Å². The van der Waals surface area contributed by atoms with E-state index in [1.165, 1.54) is 5.56 Å². The zero-order valence-electron chi connectivity index (χ0n) is 11.8. The molecule has 0 bridgehead atoms. The smallest absolute Gasteiger partial charge is 0.175 e. The van der Waals surface area contributed by atoms with Gasteiger partial charge in [0.25, 0.3) is 0 Å². The Morgan fingerprint density at radius 1 is 1.28 bits per heavy atom. The van der Waals surface area contributed by atoms with Crippen LogP contribution in [0.4, 0.5) is 0 Å². The molecule has 2 nitrogen and oxygen atoms in total. The molecule has 0 aliphatic rings. The molecule has 2 heteroatoms. The fourth-order valence-corrected chi connectivity index (χ4v) is 2.23. The van der Waals surface area contributed by atoms with Crippen molar-refractivity contribution in [1.29, 1.82) is 0 Å². The minimum Gasteiger partial charge on any atom is -0.293 e. The number of ketones is 1. The van der Waals surface area contributed by atoms with Crippen LogP contribution in [0.3, 0.4) is 0 Å². The molecule has 18 heavy (non-hydrogen) atoms. The van der Waals surface area contributed by atoms with Gasteiger partial charge in [-0.25, -0.2) is 0 Å². The average Bonchev–Trinajstić information content (AvgIpc) is 2.29. The Bertz CT molecular complexity index is 408. The Balaban J connectivity index is 2.81. The fraction of sp³-hybridized carbons (Fsp3) is 0.438. The molecule has 0 heterocycles. The summed E-state index contributed by atoms with van der Waals surface area (Å²) < 4.78 is 0. The van der Waals surface area contributed by atoms with Crippen LogP contribution in [0.2, 0.25) is 0 Å². The van der Waals surface area contributed by atoms with Crippen LogP contribution in [0.25, 0.3) is 0 Å². The summed E-state index contributed by atoms with van der Waals surface area (Å²) in [5, 5.41) is 0. The van der Waals surface area contributed by atoms with Gasteiger partial charge in [0, 0.05) is 6.54 Å². The van der Waals surface area contributed by atoms with E-state index in [2.05, 4.69) is 37.5 Å². The van der Waals surface area contributed by atoms with Crippen molar-refractivity contribution < 1.29 is 4.79 Å². The largest absolute Gasteiger partial charge is 0.293 e. The quantitative estimate of drug-likeness (QED) is 0.717. The van der Waals surface area contributed by atoms with Gasteiger partial charge in [-0.3, -0.25) is 9.69 Å². The number of hydrogen-bond acceptors (Lipinski definition) is 2. The summed E-state index contributed by atoms with van der Waals surface area (Å²) in [5.41, 5.74) is 1.86. The lowest BCUT2D eigenvalue weighted by molar-refractivity contribution is -0.121. The Morgan fingerprint density at radius 2 is 1.83 bits per heavy atom. The van der Waals surface area contributed by atoms with Crippen LogP contribution < -0.4 is 0 Å². The second kappa shape index (κ2) is 6.50. The maximum Gasteiger partial charge on any atom is 0.175 e. The van der Waals surface area contributed by atoms with Crippen LogP contribution in [-0.2, 0) is 11.3 Å². The SMILES string of the molecule is C=C(C)C(=O)C(C(C)C)N(C)Cc1ccccc1. The molecule has 0 saturated heterocycles. The van der Waals surface area contributed by atoms with Gasteiger partial charge in [0.1, 0.15) is 0 Å². The van der Waals surface area contributed by atoms with Crippen LogP contribution in [0.15, 0.2) is 42.5 Å². The van der Waals surface area contributed by atoms with Crippen molar-refractivity contribution in [1.82, 2.24) is 4.90 Å². The highest BCUT2D eigenvalue weighted by molar-refractivity contribution is 5.98. The van der Waals surface area contributed by atoms with E-state index < -0.39 is 0 Å². The first-order valence-corrected chi connectivity index (χ1v) is 6.37. The number of carbonyl (C=O) groups is 1. The minimum atomic E-state index is -0.0947. The number of nitrogens with zero attached hydrogens (tertiary/aromatic N) is 1. The van der Waals surface area contributed by atoms with Gasteiger partial charge in [0.15, 0.2) is 5.78 Å². The molecule has 1 atom stereocenters. The molecule has 0 N–H and O–H groups in total. The molecule has 0 spiro atoms. The van der Waals surface area contributed by atoms with E-state index in [4.69, 9.17) is 0 Å². The van der Waals surface area contributed by atoms with Gasteiger partial charge in [-0.1, -0.05) is 50.8 Å². The topological polar surface area (TPSA) is 20.3 Å². The summed E-state index contributed by atoms with van der Waals surface area (Å²) >= 11 is 0. The lowest BCUT2D eigenvalue weighted by Gasteiger charge is -2.30. The first-order valence-electron chi connectivity index (χ1n) is 6.37. The minimum absolute atomic E-state index is 0.0947. The highest BCUT2D eigenvalue weighted by Gasteiger charge is 2.26. The van der Waals surface area contributed by atoms with Crippen LogP contribution >= 0.6 is 0 Å². The maximum atomic E-state index is 12.2. The predicted octanol–water partition coefficient (Wildman–Crippen LogP) is 3.29. The van der Waals surface area contributed by atoms with Gasteiger partial charge in [-0.05, 0) is 31.0 Å². The monoisotopic (exact) mass is 245 g/mol. The molecule has 0 saturated carbocycles. The van der Waals surface area contributed by atoms with Gasteiger partial charge in [0.05, 0.1) is 6.04 Å². The van der Waals surface area contributed by atoms with Crippen molar-refractivity contribution in [2.24, 2.45) is 5.92 Å². The van der Waals surface area contributed by atoms with E-state index in [1.54, 1.807) is 6.92 Å². The van der Waals surface area contributed by atoms with Crippen LogP contribution in [0.5, 0.6) is 0 Å². The van der Waals surface area contributed by atoms with Crippen molar-refractivity contribution in [3.05, 3.63) is 48.0 Å². The average molecular weight is 245 g/mol. The lowest BCUT2D eigenvalue weighted by Crippen LogP contribution is -2.42. The number of hydrogen-bond donors (Lipinski definition) is 0. The predicted molar refractivity (Wildman–Crippen MR) is 76.4 cm³/mol. The molecule has 1 aromatic rings. The summed E-state index contributed by atoms with van der Waals surface area (Å²) in [6, 6.07) is 10.1. The molecule has 1 unspecified atom stereocenters. The standard InChI is InChI=1S/C16H23NO/c1-12(2)15(16(18)13(3)4)17(5)11-14-9-7-6-8-10-14/h6-10,12,15H,3,11H2,1-2,4-5H3. The highest BCUT2D eigenvalue weighted by atomic mass is 16.1. The zero-order chi connectivity index (χ0) is 13.7. The number of rotatable bonds is 6. The first-order chi connectivity index (χ1) is 8.43. The van der Waals surface area contributed by atoms with Crippen molar-refractivity contribution in [3.8, 4) is 0 Å². The molecule has 1 aromatic carbocycles. The third kappa shape index (κ3) is 3.81. The van der Waals surface area contributed by atoms with Crippen LogP contribution in [-0.4, -0.2) is 23.8 Å². The van der Waals surface area contributed by atoms with E-state index in [-0.39, 0.29) is 17.7 Å². The van der Waals surface area contributed by atoms with E-state index >= 15 is 0 Å². The number of carbonyl (C=O) groups excluding carboxylic acids is 1. The van der Waals surface area contributed by atoms with Gasteiger partial charge < -0.3 is 0 Å². The van der Waals surface area contributed by atoms with Crippen molar-refractivity contribution in [2.45, 2.75) is 33.4 Å². The highest BCUT2D eigenvalue weighted by Crippen LogP contribution is 2.16. The molecule has 0 aliphatic carbocycles. The second-order valence-electron chi connectivity index (χ2n) is 5.23. The zero-order valence-corrected chi connectivity index (χ0v) is 11.8. The van der Waals surface area contributed by atoms with Gasteiger partial charge >= 0.3 is 0 Å². The third-order valence-electron chi connectivity index (χ3n) is 3.07. The first kappa shape index (κ1) is 14.7. The van der Waals surface area contributed by atoms with Crippen molar-refractivity contribution >= 4 is 5.78 Å². The van der Waals surface area contributed by atoms with Crippen molar-refractivity contribution in [3.63, 3.8) is 0 Å².